The molecule has 1 fully saturated rings. The van der Waals surface area contributed by atoms with E-state index in [4.69, 9.17) is 0 Å². The van der Waals surface area contributed by atoms with Gasteiger partial charge in [0.15, 0.2) is 11.6 Å². The molecule has 10 heteroatoms. The van der Waals surface area contributed by atoms with Crippen LogP contribution in [0.5, 0.6) is 11.5 Å². The summed E-state index contributed by atoms with van der Waals surface area (Å²) in [5.41, 5.74) is 1.85. The number of aromatic hydroxyl groups is 2. The molecule has 2 aromatic rings. The van der Waals surface area contributed by atoms with Gasteiger partial charge in [-0.1, -0.05) is 35.9 Å². The highest BCUT2D eigenvalue weighted by molar-refractivity contribution is 9.12. The molecule has 212 valence electrons. The van der Waals surface area contributed by atoms with E-state index < -0.39 is 47.2 Å². The van der Waals surface area contributed by atoms with E-state index in [1.54, 1.807) is 24.3 Å². The van der Waals surface area contributed by atoms with E-state index in [1.165, 1.54) is 12.1 Å². The number of hydrogen-bond donors (Lipinski definition) is 3. The van der Waals surface area contributed by atoms with Crippen LogP contribution in [-0.4, -0.2) is 44.7 Å². The molecule has 0 bridgehead atoms. The van der Waals surface area contributed by atoms with Crippen LogP contribution in [0.4, 0.5) is 5.69 Å². The molecule has 1 saturated heterocycles. The maximum atomic E-state index is 14.0. The van der Waals surface area contributed by atoms with Gasteiger partial charge in [-0.15, -0.1) is 6.58 Å². The zero-order chi connectivity index (χ0) is 30.0. The third-order valence-corrected chi connectivity index (χ3v) is 9.22. The Morgan fingerprint density at radius 2 is 1.83 bits per heavy atom. The van der Waals surface area contributed by atoms with Crippen LogP contribution < -0.4 is 4.90 Å². The molecule has 4 unspecified atom stereocenters. The number of carboxylic acid groups (broad SMARTS) is 1. The summed E-state index contributed by atoms with van der Waals surface area (Å²) in [4.78, 5) is 66.7. The molecule has 1 heterocycles. The number of fused-ring (bicyclic) bond motifs is 3. The molecule has 4 atom stereocenters. The summed E-state index contributed by atoms with van der Waals surface area (Å²) < 4.78 is 0.0962. The van der Waals surface area contributed by atoms with Crippen molar-refractivity contribution in [2.75, 3.05) is 4.90 Å². The number of anilines is 1. The zero-order valence-corrected chi connectivity index (χ0v) is 23.6. The van der Waals surface area contributed by atoms with E-state index >= 15 is 0 Å². The lowest BCUT2D eigenvalue weighted by Crippen LogP contribution is -2.39. The first-order valence-corrected chi connectivity index (χ1v) is 14.1. The lowest BCUT2D eigenvalue weighted by molar-refractivity contribution is -0.123. The van der Waals surface area contributed by atoms with Crippen LogP contribution in [0.3, 0.4) is 0 Å². The summed E-state index contributed by atoms with van der Waals surface area (Å²) >= 11 is 3.19. The van der Waals surface area contributed by atoms with Crippen molar-refractivity contribution in [2.45, 2.75) is 25.2 Å². The number of carbonyl (C=O) groups is 5. The second-order valence-corrected chi connectivity index (χ2v) is 11.6. The average Bonchev–Trinajstić information content (AvgIpc) is 3.21. The van der Waals surface area contributed by atoms with Gasteiger partial charge in [0.25, 0.3) is 0 Å². The number of ketones is 2. The Bertz CT molecular complexity index is 1750. The van der Waals surface area contributed by atoms with E-state index in [0.29, 0.717) is 23.1 Å². The van der Waals surface area contributed by atoms with Crippen LogP contribution in [0.25, 0.3) is 0 Å². The number of benzene rings is 2. The van der Waals surface area contributed by atoms with Crippen molar-refractivity contribution in [3.05, 3.63) is 99.1 Å². The number of carboxylic acids is 1. The molecule has 0 radical (unpaired) electrons. The first kappa shape index (κ1) is 27.6. The van der Waals surface area contributed by atoms with Crippen molar-refractivity contribution in [1.82, 2.24) is 0 Å². The second-order valence-electron chi connectivity index (χ2n) is 10.8. The summed E-state index contributed by atoms with van der Waals surface area (Å²) in [5, 5.41) is 30.8. The molecule has 4 aliphatic rings. The third-order valence-electron chi connectivity index (χ3n) is 8.63. The quantitative estimate of drug-likeness (QED) is 0.249. The monoisotopic (exact) mass is 629 g/mol. The number of imide groups is 1. The van der Waals surface area contributed by atoms with Crippen LogP contribution >= 0.6 is 15.9 Å². The first-order chi connectivity index (χ1) is 20.0. The number of rotatable bonds is 5. The molecule has 3 aliphatic carbocycles. The van der Waals surface area contributed by atoms with E-state index in [9.17, 15) is 39.3 Å². The first-order valence-electron chi connectivity index (χ1n) is 13.3. The predicted molar refractivity (Wildman–Crippen MR) is 154 cm³/mol. The number of phenolic OH excluding ortho intramolecular Hbond substituents is 1. The summed E-state index contributed by atoms with van der Waals surface area (Å²) in [6.45, 7) is 3.74. The average molecular weight is 630 g/mol. The molecular formula is C32H24BrNO8. The van der Waals surface area contributed by atoms with Crippen LogP contribution in [0, 0.1) is 17.8 Å². The number of para-hydroxylation sites is 1. The SMILES string of the molecule is C=CCc1cccc(C2C3=CCC4C(=O)N(c5ccc(C(=O)O)c(O)c5)C(=O)C4C3CC3=C2C(=O)C=C(Br)C3=O)c1O. The van der Waals surface area contributed by atoms with Crippen LogP contribution in [0.15, 0.2) is 82.4 Å². The van der Waals surface area contributed by atoms with Gasteiger partial charge in [0.2, 0.25) is 11.8 Å². The number of allylic oxidation sites excluding steroid dienone is 7. The van der Waals surface area contributed by atoms with Crippen LogP contribution in [-0.2, 0) is 25.6 Å². The van der Waals surface area contributed by atoms with E-state index in [0.717, 1.165) is 17.0 Å². The Kier molecular flexibility index (Phi) is 6.61. The largest absolute Gasteiger partial charge is 0.507 e. The van der Waals surface area contributed by atoms with Crippen molar-refractivity contribution in [3.8, 4) is 11.5 Å². The minimum Gasteiger partial charge on any atom is -0.507 e. The van der Waals surface area contributed by atoms with Gasteiger partial charge in [0, 0.05) is 34.8 Å². The fraction of sp³-hybridized carbons (Fsp3) is 0.219. The lowest BCUT2D eigenvalue weighted by Gasteiger charge is -2.42. The molecule has 3 N–H and O–H groups in total. The summed E-state index contributed by atoms with van der Waals surface area (Å²) in [7, 11) is 0. The lowest BCUT2D eigenvalue weighted by atomic mass is 9.59. The Hall–Kier alpha value is -4.57. The zero-order valence-electron chi connectivity index (χ0n) is 22.0. The maximum Gasteiger partial charge on any atom is 0.339 e. The molecule has 42 heavy (non-hydrogen) atoms. The normalized spacial score (nSPS) is 25.0. The maximum absolute atomic E-state index is 14.0. The Morgan fingerprint density at radius 3 is 2.52 bits per heavy atom. The van der Waals surface area contributed by atoms with Gasteiger partial charge in [0.1, 0.15) is 17.1 Å². The molecule has 2 aromatic carbocycles. The van der Waals surface area contributed by atoms with E-state index in [2.05, 4.69) is 22.5 Å². The topological polar surface area (TPSA) is 149 Å². The molecule has 1 aliphatic heterocycles. The molecule has 0 aromatic heterocycles. The fourth-order valence-corrected chi connectivity index (χ4v) is 7.27. The summed E-state index contributed by atoms with van der Waals surface area (Å²) in [6, 6.07) is 8.69. The van der Waals surface area contributed by atoms with Gasteiger partial charge in [-0.3, -0.25) is 19.2 Å². The highest BCUT2D eigenvalue weighted by Gasteiger charge is 2.57. The number of phenols is 2. The molecule has 2 amide bonds. The van der Waals surface area contributed by atoms with Crippen molar-refractivity contribution >= 4 is 51.0 Å². The Morgan fingerprint density at radius 1 is 1.07 bits per heavy atom. The highest BCUT2D eigenvalue weighted by atomic mass is 79.9. The number of hydrogen-bond acceptors (Lipinski definition) is 7. The van der Waals surface area contributed by atoms with Gasteiger partial charge < -0.3 is 15.3 Å². The number of aromatic carboxylic acids is 1. The van der Waals surface area contributed by atoms with Crippen LogP contribution in [0.1, 0.15) is 40.2 Å². The Balaban J connectivity index is 1.48. The van der Waals surface area contributed by atoms with Crippen molar-refractivity contribution < 1.29 is 39.3 Å². The van der Waals surface area contributed by atoms with Crippen LogP contribution in [0.2, 0.25) is 0 Å². The van der Waals surface area contributed by atoms with Crippen molar-refractivity contribution in [1.29, 1.82) is 0 Å². The molecule has 0 saturated carbocycles. The molecular weight excluding hydrogens is 606 g/mol. The second kappa shape index (κ2) is 10.1. The van der Waals surface area contributed by atoms with Gasteiger partial charge in [-0.25, -0.2) is 9.69 Å². The standard InChI is InChI=1S/C32H24BrNO8/c1-2-4-14-5-3-6-18(28(14)37)25-16-9-10-19-26(20(16)12-21-27(25)24(36)13-22(33)29(21)38)31(40)34(30(19)39)15-7-8-17(32(41)42)23(35)11-15/h2-3,5-9,11,13,19-20,25-26,35,37H,1,4,10,12H2,(H,41,42). The van der Waals surface area contributed by atoms with Crippen molar-refractivity contribution in [3.63, 3.8) is 0 Å². The van der Waals surface area contributed by atoms with E-state index in [1.807, 2.05) is 6.08 Å². The third kappa shape index (κ3) is 4.00. The number of amides is 2. The minimum atomic E-state index is -1.36. The van der Waals surface area contributed by atoms with Crippen molar-refractivity contribution in [2.24, 2.45) is 17.8 Å². The smallest absolute Gasteiger partial charge is 0.339 e. The number of nitrogens with zero attached hydrogens (tertiary/aromatic N) is 1. The molecule has 0 spiro atoms. The number of carbonyl (C=O) groups excluding carboxylic acids is 4. The number of Topliss-reactive ketones (excluding diaryl/α,β-unsaturated/α-hetero) is 1. The van der Waals surface area contributed by atoms with Gasteiger partial charge >= 0.3 is 5.97 Å². The van der Waals surface area contributed by atoms with Gasteiger partial charge in [0.05, 0.1) is 22.0 Å². The molecule has 6 rings (SSSR count). The highest BCUT2D eigenvalue weighted by Crippen LogP contribution is 2.56. The molecule has 9 nitrogen and oxygen atoms in total. The predicted octanol–water partition coefficient (Wildman–Crippen LogP) is 4.49. The Labute approximate surface area is 248 Å². The van der Waals surface area contributed by atoms with Gasteiger partial charge in [-0.05, 0) is 58.8 Å². The minimum absolute atomic E-state index is 0.0313. The fourth-order valence-electron chi connectivity index (χ4n) is 6.82. The van der Waals surface area contributed by atoms with Gasteiger partial charge in [-0.2, -0.15) is 0 Å². The van der Waals surface area contributed by atoms with E-state index in [-0.39, 0.29) is 57.0 Å². The summed E-state index contributed by atoms with van der Waals surface area (Å²) in [5.74, 6) is -6.85. The number of halogens is 1. The summed E-state index contributed by atoms with van der Waals surface area (Å²) in [6.07, 6.45) is 5.32.